The first-order valence-corrected chi connectivity index (χ1v) is 3.52. The topological polar surface area (TPSA) is 40.5 Å². The van der Waals surface area contributed by atoms with Crippen molar-refractivity contribution in [3.63, 3.8) is 0 Å². The molecule has 2 heteroatoms. The first kappa shape index (κ1) is 6.98. The second-order valence-corrected chi connectivity index (χ2v) is 2.49. The van der Waals surface area contributed by atoms with Gasteiger partial charge in [0.2, 0.25) is 0 Å². The molecule has 2 nitrogen and oxygen atoms in total. The monoisotopic (exact) mass is 158 g/mol. The lowest BCUT2D eigenvalue weighted by atomic mass is 10.1. The van der Waals surface area contributed by atoms with Crippen molar-refractivity contribution in [3.05, 3.63) is 36.4 Å². The molecule has 0 saturated heterocycles. The average Bonchev–Trinajstić information content (AvgIpc) is 2.07. The Hall–Kier alpha value is -1.70. The fraction of sp³-hybridized carbons (Fsp3) is 0. The summed E-state index contributed by atoms with van der Waals surface area (Å²) in [5, 5.41) is 19.6. The smallest absolute Gasteiger partial charge is 0.166 e. The van der Waals surface area contributed by atoms with Crippen LogP contribution >= 0.6 is 0 Å². The first-order valence-electron chi connectivity index (χ1n) is 3.52. The molecular weight excluding hydrogens is 152 g/mol. The summed E-state index contributed by atoms with van der Waals surface area (Å²) >= 11 is 0. The van der Waals surface area contributed by atoms with Crippen LogP contribution in [-0.4, -0.2) is 10.2 Å². The van der Waals surface area contributed by atoms with Crippen LogP contribution in [0, 0.1) is 12.1 Å². The van der Waals surface area contributed by atoms with Gasteiger partial charge in [-0.05, 0) is 10.8 Å². The highest BCUT2D eigenvalue weighted by molar-refractivity contribution is 5.84. The van der Waals surface area contributed by atoms with Gasteiger partial charge in [-0.15, -0.1) is 0 Å². The lowest BCUT2D eigenvalue weighted by Crippen LogP contribution is -1.74. The van der Waals surface area contributed by atoms with Gasteiger partial charge in [0.05, 0.1) is 0 Å². The molecule has 0 aromatic heterocycles. The van der Waals surface area contributed by atoms with E-state index in [2.05, 4.69) is 12.1 Å². The molecule has 0 spiro atoms. The Balaban J connectivity index is 2.84. The van der Waals surface area contributed by atoms with Crippen LogP contribution in [0.4, 0.5) is 0 Å². The van der Waals surface area contributed by atoms with E-state index in [0.29, 0.717) is 0 Å². The zero-order valence-electron chi connectivity index (χ0n) is 6.20. The lowest BCUT2D eigenvalue weighted by Gasteiger charge is -1.98. The van der Waals surface area contributed by atoms with Gasteiger partial charge in [-0.1, -0.05) is 24.3 Å². The standard InChI is InChI=1S/C10H6O2/c11-9-5-7-3-1-2-4-8(7)6-10(9)12/h1-4,11-12H. The molecule has 0 fully saturated rings. The van der Waals surface area contributed by atoms with E-state index < -0.39 is 0 Å². The summed E-state index contributed by atoms with van der Waals surface area (Å²) in [6.07, 6.45) is 0. The van der Waals surface area contributed by atoms with Gasteiger partial charge < -0.3 is 10.2 Å². The van der Waals surface area contributed by atoms with E-state index in [-0.39, 0.29) is 11.5 Å². The SMILES string of the molecule is Oc1[c]c2ccccc2[c]c1O. The molecule has 2 aromatic carbocycles. The molecule has 2 N–H and O–H groups in total. The van der Waals surface area contributed by atoms with Crippen molar-refractivity contribution in [1.29, 1.82) is 0 Å². The summed E-state index contributed by atoms with van der Waals surface area (Å²) in [6, 6.07) is 12.5. The molecule has 2 aromatic rings. The Morgan fingerprint density at radius 3 is 1.67 bits per heavy atom. The second kappa shape index (κ2) is 2.41. The third-order valence-corrected chi connectivity index (χ3v) is 1.66. The van der Waals surface area contributed by atoms with Gasteiger partial charge in [-0.2, -0.15) is 0 Å². The van der Waals surface area contributed by atoms with Crippen LogP contribution in [0.1, 0.15) is 0 Å². The molecular formula is C10H6O2. The van der Waals surface area contributed by atoms with E-state index in [1.54, 1.807) is 12.1 Å². The summed E-state index contributed by atoms with van der Waals surface area (Å²) < 4.78 is 0. The van der Waals surface area contributed by atoms with Gasteiger partial charge in [0.15, 0.2) is 11.5 Å². The maximum Gasteiger partial charge on any atom is 0.166 e. The van der Waals surface area contributed by atoms with E-state index in [0.717, 1.165) is 10.8 Å². The third kappa shape index (κ3) is 0.975. The average molecular weight is 158 g/mol. The molecule has 0 atom stereocenters. The third-order valence-electron chi connectivity index (χ3n) is 1.66. The summed E-state index contributed by atoms with van der Waals surface area (Å²) in [6.45, 7) is 0. The van der Waals surface area contributed by atoms with E-state index >= 15 is 0 Å². The Morgan fingerprint density at radius 1 is 0.833 bits per heavy atom. The van der Waals surface area contributed by atoms with Gasteiger partial charge in [0, 0.05) is 12.1 Å². The lowest BCUT2D eigenvalue weighted by molar-refractivity contribution is 0.403. The van der Waals surface area contributed by atoms with Gasteiger partial charge >= 0.3 is 0 Å². The first-order chi connectivity index (χ1) is 5.77. The Bertz CT molecular complexity index is 381. The van der Waals surface area contributed by atoms with Crippen LogP contribution in [-0.2, 0) is 0 Å². The molecule has 0 saturated carbocycles. The number of hydrogen-bond acceptors (Lipinski definition) is 2. The minimum atomic E-state index is -0.256. The van der Waals surface area contributed by atoms with Crippen LogP contribution in [0.3, 0.4) is 0 Å². The number of fused-ring (bicyclic) bond motifs is 1. The highest BCUT2D eigenvalue weighted by atomic mass is 16.3. The number of phenols is 2. The minimum Gasteiger partial charge on any atom is -0.504 e. The molecule has 0 aliphatic carbocycles. The highest BCUT2D eigenvalue weighted by Crippen LogP contribution is 2.28. The fourth-order valence-corrected chi connectivity index (χ4v) is 1.07. The Labute approximate surface area is 69.7 Å². The number of hydrogen-bond donors (Lipinski definition) is 2. The molecule has 12 heavy (non-hydrogen) atoms. The summed E-state index contributed by atoms with van der Waals surface area (Å²) in [5.41, 5.74) is 0. The van der Waals surface area contributed by atoms with Gasteiger partial charge in [-0.3, -0.25) is 0 Å². The van der Waals surface area contributed by atoms with Crippen LogP contribution in [0.2, 0.25) is 0 Å². The minimum absolute atomic E-state index is 0.256. The zero-order chi connectivity index (χ0) is 8.55. The van der Waals surface area contributed by atoms with Crippen LogP contribution < -0.4 is 0 Å². The van der Waals surface area contributed by atoms with Gasteiger partial charge in [0.25, 0.3) is 0 Å². The molecule has 0 bridgehead atoms. The van der Waals surface area contributed by atoms with Crippen molar-refractivity contribution >= 4 is 10.8 Å². The summed E-state index contributed by atoms with van der Waals surface area (Å²) in [7, 11) is 0. The quantitative estimate of drug-likeness (QED) is 0.574. The maximum atomic E-state index is 9.08. The highest BCUT2D eigenvalue weighted by Gasteiger charge is 2.01. The molecule has 58 valence electrons. The van der Waals surface area contributed by atoms with Gasteiger partial charge in [-0.25, -0.2) is 0 Å². The predicted octanol–water partition coefficient (Wildman–Crippen LogP) is 1.85. The summed E-state index contributed by atoms with van der Waals surface area (Å²) in [5.74, 6) is -0.512. The number of phenolic OH excluding ortho intramolecular Hbond substituents is 2. The van der Waals surface area contributed by atoms with Crippen molar-refractivity contribution in [2.24, 2.45) is 0 Å². The fourth-order valence-electron chi connectivity index (χ4n) is 1.07. The molecule has 0 aliphatic heterocycles. The number of aromatic hydroxyl groups is 2. The molecule has 0 aliphatic rings. The molecule has 2 radical (unpaired) electrons. The van der Waals surface area contributed by atoms with Crippen molar-refractivity contribution in [2.75, 3.05) is 0 Å². The zero-order valence-corrected chi connectivity index (χ0v) is 6.20. The number of benzene rings is 2. The molecule has 0 amide bonds. The van der Waals surface area contributed by atoms with E-state index in [4.69, 9.17) is 10.2 Å². The van der Waals surface area contributed by atoms with Crippen LogP contribution in [0.15, 0.2) is 24.3 Å². The van der Waals surface area contributed by atoms with Crippen molar-refractivity contribution in [2.45, 2.75) is 0 Å². The second-order valence-electron chi connectivity index (χ2n) is 2.49. The van der Waals surface area contributed by atoms with E-state index in [9.17, 15) is 0 Å². The van der Waals surface area contributed by atoms with Crippen LogP contribution in [0.5, 0.6) is 11.5 Å². The van der Waals surface area contributed by atoms with Crippen molar-refractivity contribution in [3.8, 4) is 11.5 Å². The largest absolute Gasteiger partial charge is 0.504 e. The van der Waals surface area contributed by atoms with E-state index in [1.165, 1.54) is 0 Å². The summed E-state index contributed by atoms with van der Waals surface area (Å²) in [4.78, 5) is 0. The molecule has 2 rings (SSSR count). The molecule has 0 unspecified atom stereocenters. The van der Waals surface area contributed by atoms with Crippen molar-refractivity contribution in [1.82, 2.24) is 0 Å². The number of rotatable bonds is 0. The predicted molar refractivity (Wildman–Crippen MR) is 44.9 cm³/mol. The maximum absolute atomic E-state index is 9.08. The van der Waals surface area contributed by atoms with Crippen LogP contribution in [0.25, 0.3) is 10.8 Å². The van der Waals surface area contributed by atoms with E-state index in [1.807, 2.05) is 12.1 Å². The molecule has 0 heterocycles. The Morgan fingerprint density at radius 2 is 1.25 bits per heavy atom. The Kier molecular flexibility index (Phi) is 1.40. The van der Waals surface area contributed by atoms with Gasteiger partial charge in [0.1, 0.15) is 0 Å². The van der Waals surface area contributed by atoms with Crippen molar-refractivity contribution < 1.29 is 10.2 Å². The normalized spacial score (nSPS) is 10.3.